The molecule has 0 unspecified atom stereocenters. The van der Waals surface area contributed by atoms with Gasteiger partial charge in [-0.25, -0.2) is 9.97 Å². The lowest BCUT2D eigenvalue weighted by Crippen LogP contribution is -1.96. The molecule has 0 aliphatic rings. The minimum atomic E-state index is 0.666. The second-order valence-corrected chi connectivity index (χ2v) is 15.1. The van der Waals surface area contributed by atoms with Crippen molar-refractivity contribution in [2.75, 3.05) is 0 Å². The molecule has 0 N–H and O–H groups in total. The number of nitriles is 1. The summed E-state index contributed by atoms with van der Waals surface area (Å²) in [5.41, 5.74) is 13.9. The van der Waals surface area contributed by atoms with Gasteiger partial charge in [0.1, 0.15) is 0 Å². The van der Waals surface area contributed by atoms with Crippen LogP contribution in [-0.4, -0.2) is 15.0 Å². The van der Waals surface area contributed by atoms with Gasteiger partial charge in [0, 0.05) is 54.2 Å². The summed E-state index contributed by atoms with van der Waals surface area (Å²) < 4.78 is 2.28. The summed E-state index contributed by atoms with van der Waals surface area (Å²) in [6.07, 6.45) is 1.96. The van der Waals surface area contributed by atoms with Gasteiger partial charge in [-0.3, -0.25) is 4.98 Å². The van der Waals surface area contributed by atoms with E-state index in [0.29, 0.717) is 11.4 Å². The van der Waals surface area contributed by atoms with Crippen LogP contribution >= 0.6 is 11.3 Å². The summed E-state index contributed by atoms with van der Waals surface area (Å²) in [6, 6.07) is 67.4. The Morgan fingerprint density at radius 2 is 0.877 bits per heavy atom. The maximum atomic E-state index is 9.54. The third kappa shape index (κ3) is 6.76. The summed E-state index contributed by atoms with van der Waals surface area (Å²) in [5.74, 6) is 0.666. The van der Waals surface area contributed by atoms with Gasteiger partial charge in [0.2, 0.25) is 0 Å². The minimum absolute atomic E-state index is 0.666. The van der Waals surface area contributed by atoms with Crippen molar-refractivity contribution in [1.29, 1.82) is 5.26 Å². The number of hydrogen-bond acceptors (Lipinski definition) is 5. The first-order valence-corrected chi connectivity index (χ1v) is 19.6. The van der Waals surface area contributed by atoms with Gasteiger partial charge in [0.15, 0.2) is 5.82 Å². The summed E-state index contributed by atoms with van der Waals surface area (Å²) in [4.78, 5) is 15.3. The predicted molar refractivity (Wildman–Crippen MR) is 235 cm³/mol. The quantitative estimate of drug-likeness (QED) is 0.163. The van der Waals surface area contributed by atoms with E-state index in [4.69, 9.17) is 15.0 Å². The Labute approximate surface area is 334 Å². The molecule has 0 fully saturated rings. The monoisotopic (exact) mass is 744 g/mol. The average molecular weight is 745 g/mol. The fourth-order valence-corrected chi connectivity index (χ4v) is 8.59. The molecule has 7 aromatic carbocycles. The first-order chi connectivity index (χ1) is 28.1. The minimum Gasteiger partial charge on any atom is -0.256 e. The second-order valence-electron chi connectivity index (χ2n) is 14.0. The predicted octanol–water partition coefficient (Wildman–Crippen LogP) is 13.8. The van der Waals surface area contributed by atoms with Crippen LogP contribution in [0.25, 0.3) is 98.7 Å². The molecule has 0 aliphatic heterocycles. The molecule has 10 rings (SSSR count). The Balaban J connectivity index is 1.13. The van der Waals surface area contributed by atoms with Crippen molar-refractivity contribution >= 4 is 31.5 Å². The van der Waals surface area contributed by atoms with Gasteiger partial charge in [-0.2, -0.15) is 5.26 Å². The van der Waals surface area contributed by atoms with Crippen molar-refractivity contribution in [2.24, 2.45) is 0 Å². The molecular weight excluding hydrogens is 713 g/mol. The highest BCUT2D eigenvalue weighted by molar-refractivity contribution is 7.25. The molecular formula is C52H32N4S. The number of benzene rings is 7. The van der Waals surface area contributed by atoms with Crippen LogP contribution < -0.4 is 0 Å². The van der Waals surface area contributed by atoms with Crippen molar-refractivity contribution < 1.29 is 0 Å². The molecule has 266 valence electrons. The molecule has 10 aromatic rings. The number of thiophene rings is 1. The van der Waals surface area contributed by atoms with E-state index in [2.05, 4.69) is 140 Å². The number of fused-ring (bicyclic) bond motifs is 3. The van der Waals surface area contributed by atoms with Crippen LogP contribution in [0.3, 0.4) is 0 Å². The fraction of sp³-hybridized carbons (Fsp3) is 0. The molecule has 0 amide bonds. The molecule has 5 heteroatoms. The van der Waals surface area contributed by atoms with E-state index in [-0.39, 0.29) is 0 Å². The summed E-state index contributed by atoms with van der Waals surface area (Å²) in [5, 5.41) is 11.9. The van der Waals surface area contributed by atoms with Crippen LogP contribution in [0.2, 0.25) is 0 Å². The van der Waals surface area contributed by atoms with Crippen LogP contribution in [0.1, 0.15) is 5.56 Å². The van der Waals surface area contributed by atoms with E-state index in [1.54, 1.807) is 11.3 Å². The van der Waals surface area contributed by atoms with Crippen LogP contribution in [0.5, 0.6) is 0 Å². The van der Waals surface area contributed by atoms with E-state index in [1.165, 1.54) is 21.0 Å². The molecule has 0 aliphatic carbocycles. The van der Waals surface area contributed by atoms with Crippen molar-refractivity contribution in [1.82, 2.24) is 15.0 Å². The topological polar surface area (TPSA) is 62.5 Å². The van der Waals surface area contributed by atoms with E-state index in [1.807, 2.05) is 60.8 Å². The second kappa shape index (κ2) is 14.6. The standard InChI is InChI=1S/C52H32N4S/c53-32-34-16-23-45-46-24-21-40(30-51(46)57-50(45)26-34)42-27-43(41-22-25-47(54-33-41)37-12-6-2-7-13-37)29-44(28-42)49-31-48(55-52(56-49)39-14-8-3-9-15-39)38-19-17-36(18-20-38)35-10-4-1-5-11-35/h1-31,33H. The summed E-state index contributed by atoms with van der Waals surface area (Å²) >= 11 is 1.72. The molecule has 57 heavy (non-hydrogen) atoms. The van der Waals surface area contributed by atoms with Gasteiger partial charge in [-0.05, 0) is 76.3 Å². The first-order valence-electron chi connectivity index (χ1n) is 18.8. The molecule has 0 spiro atoms. The number of pyridine rings is 1. The SMILES string of the molecule is N#Cc1ccc2c(c1)sc1cc(-c3cc(-c4ccc(-c5ccccc5)nc4)cc(-c4cc(-c5ccc(-c6ccccc6)cc5)nc(-c5ccccc5)n4)c3)ccc12. The Morgan fingerprint density at radius 1 is 0.368 bits per heavy atom. The zero-order chi connectivity index (χ0) is 38.1. The Bertz CT molecular complexity index is 3100. The van der Waals surface area contributed by atoms with E-state index in [0.717, 1.165) is 71.9 Å². The van der Waals surface area contributed by atoms with Crippen LogP contribution in [0.4, 0.5) is 0 Å². The van der Waals surface area contributed by atoms with Crippen molar-refractivity contribution in [3.8, 4) is 84.6 Å². The Morgan fingerprint density at radius 3 is 1.54 bits per heavy atom. The van der Waals surface area contributed by atoms with Crippen LogP contribution in [0.15, 0.2) is 194 Å². The van der Waals surface area contributed by atoms with Gasteiger partial charge in [0.05, 0.1) is 28.7 Å². The molecule has 0 saturated carbocycles. The number of aromatic nitrogens is 3. The highest BCUT2D eigenvalue weighted by Crippen LogP contribution is 2.40. The van der Waals surface area contributed by atoms with Gasteiger partial charge in [0.25, 0.3) is 0 Å². The zero-order valence-corrected chi connectivity index (χ0v) is 31.5. The average Bonchev–Trinajstić information content (AvgIpc) is 3.67. The Kier molecular flexibility index (Phi) is 8.72. The maximum Gasteiger partial charge on any atom is 0.160 e. The van der Waals surface area contributed by atoms with Crippen LogP contribution in [-0.2, 0) is 0 Å². The largest absolute Gasteiger partial charge is 0.256 e. The van der Waals surface area contributed by atoms with Crippen LogP contribution in [0, 0.1) is 11.3 Å². The molecule has 4 nitrogen and oxygen atoms in total. The third-order valence-corrected chi connectivity index (χ3v) is 11.5. The molecule has 0 atom stereocenters. The normalized spacial score (nSPS) is 11.1. The Hall–Kier alpha value is -7.52. The lowest BCUT2D eigenvalue weighted by atomic mass is 9.94. The summed E-state index contributed by atoms with van der Waals surface area (Å²) in [7, 11) is 0. The van der Waals surface area contributed by atoms with E-state index < -0.39 is 0 Å². The van der Waals surface area contributed by atoms with Crippen molar-refractivity contribution in [3.63, 3.8) is 0 Å². The third-order valence-electron chi connectivity index (χ3n) is 10.4. The number of rotatable bonds is 7. The molecule has 0 radical (unpaired) electrons. The number of hydrogen-bond donors (Lipinski definition) is 0. The van der Waals surface area contributed by atoms with Gasteiger partial charge >= 0.3 is 0 Å². The van der Waals surface area contributed by atoms with E-state index in [9.17, 15) is 5.26 Å². The van der Waals surface area contributed by atoms with E-state index >= 15 is 0 Å². The van der Waals surface area contributed by atoms with Gasteiger partial charge in [-0.15, -0.1) is 11.3 Å². The molecule has 3 heterocycles. The lowest BCUT2D eigenvalue weighted by molar-refractivity contribution is 1.18. The molecule has 0 saturated heterocycles. The maximum absolute atomic E-state index is 9.54. The first kappa shape index (κ1) is 34.0. The number of nitrogens with zero attached hydrogens (tertiary/aromatic N) is 4. The molecule has 0 bridgehead atoms. The smallest absolute Gasteiger partial charge is 0.160 e. The zero-order valence-electron chi connectivity index (χ0n) is 30.7. The van der Waals surface area contributed by atoms with Crippen molar-refractivity contribution in [2.45, 2.75) is 0 Å². The molecule has 3 aromatic heterocycles. The summed E-state index contributed by atoms with van der Waals surface area (Å²) in [6.45, 7) is 0. The van der Waals surface area contributed by atoms with Crippen molar-refractivity contribution in [3.05, 3.63) is 200 Å². The van der Waals surface area contributed by atoms with Gasteiger partial charge in [-0.1, -0.05) is 140 Å². The van der Waals surface area contributed by atoms with Gasteiger partial charge < -0.3 is 0 Å². The highest BCUT2D eigenvalue weighted by atomic mass is 32.1. The highest BCUT2D eigenvalue weighted by Gasteiger charge is 2.15. The fourth-order valence-electron chi connectivity index (χ4n) is 7.40. The lowest BCUT2D eigenvalue weighted by Gasteiger charge is -2.14.